The lowest BCUT2D eigenvalue weighted by molar-refractivity contribution is 0.175. The number of hydrogen-bond acceptors (Lipinski definition) is 3. The van der Waals surface area contributed by atoms with Gasteiger partial charge in [-0.2, -0.15) is 0 Å². The maximum absolute atomic E-state index is 5.60. The van der Waals surface area contributed by atoms with Crippen LogP contribution in [-0.4, -0.2) is 48.2 Å². The average molecular weight is 370 g/mol. The third-order valence-corrected chi connectivity index (χ3v) is 5.12. The molecule has 0 amide bonds. The van der Waals surface area contributed by atoms with E-state index in [1.807, 2.05) is 6.07 Å². The van der Waals surface area contributed by atoms with E-state index in [0.717, 1.165) is 49.3 Å². The first-order chi connectivity index (χ1) is 12.5. The lowest BCUT2D eigenvalue weighted by Gasteiger charge is -2.36. The molecule has 0 unspecified atom stereocenters. The van der Waals surface area contributed by atoms with E-state index in [-0.39, 0.29) is 0 Å². The topological polar surface area (TPSA) is 27.7 Å². The molecule has 0 radical (unpaired) electrons. The predicted octanol–water partition coefficient (Wildman–Crippen LogP) is 3.83. The molecular formula is C21H27N3OS. The summed E-state index contributed by atoms with van der Waals surface area (Å²) in [6.45, 7) is 8.98. The molecule has 1 saturated heterocycles. The van der Waals surface area contributed by atoms with E-state index in [2.05, 4.69) is 65.4 Å². The fraction of sp³-hybridized carbons (Fsp3) is 0.381. The number of anilines is 1. The minimum Gasteiger partial charge on any atom is -0.496 e. The predicted molar refractivity (Wildman–Crippen MR) is 112 cm³/mol. The molecule has 0 saturated carbocycles. The van der Waals surface area contributed by atoms with Gasteiger partial charge in [-0.15, -0.1) is 0 Å². The molecule has 0 aliphatic carbocycles. The lowest BCUT2D eigenvalue weighted by atomic mass is 10.1. The van der Waals surface area contributed by atoms with Gasteiger partial charge in [0.25, 0.3) is 0 Å². The van der Waals surface area contributed by atoms with E-state index in [9.17, 15) is 0 Å². The summed E-state index contributed by atoms with van der Waals surface area (Å²) in [6, 6.07) is 14.7. The van der Waals surface area contributed by atoms with Crippen molar-refractivity contribution in [3.63, 3.8) is 0 Å². The highest BCUT2D eigenvalue weighted by molar-refractivity contribution is 7.80. The van der Waals surface area contributed by atoms with Crippen molar-refractivity contribution in [2.45, 2.75) is 20.4 Å². The van der Waals surface area contributed by atoms with E-state index < -0.39 is 0 Å². The first kappa shape index (κ1) is 18.7. The Bertz CT molecular complexity index is 770. The van der Waals surface area contributed by atoms with E-state index >= 15 is 0 Å². The molecule has 26 heavy (non-hydrogen) atoms. The van der Waals surface area contributed by atoms with Gasteiger partial charge < -0.3 is 15.0 Å². The first-order valence-corrected chi connectivity index (χ1v) is 9.44. The second-order valence-corrected chi connectivity index (χ2v) is 7.26. The number of benzene rings is 2. The molecule has 2 aromatic rings. The van der Waals surface area contributed by atoms with Crippen LogP contribution in [0.5, 0.6) is 5.75 Å². The second kappa shape index (κ2) is 8.52. The highest BCUT2D eigenvalue weighted by Crippen LogP contribution is 2.22. The molecule has 2 aromatic carbocycles. The zero-order valence-corrected chi connectivity index (χ0v) is 16.6. The van der Waals surface area contributed by atoms with Crippen molar-refractivity contribution in [1.82, 2.24) is 9.80 Å². The Hall–Kier alpha value is -2.11. The highest BCUT2D eigenvalue weighted by Gasteiger charge is 2.20. The van der Waals surface area contributed by atoms with Crippen LogP contribution in [0, 0.1) is 13.8 Å². The van der Waals surface area contributed by atoms with Crippen LogP contribution < -0.4 is 10.1 Å². The Morgan fingerprint density at radius 3 is 2.46 bits per heavy atom. The van der Waals surface area contributed by atoms with Crippen molar-refractivity contribution in [3.8, 4) is 5.75 Å². The highest BCUT2D eigenvalue weighted by atomic mass is 32.1. The molecule has 5 heteroatoms. The molecule has 3 rings (SSSR count). The summed E-state index contributed by atoms with van der Waals surface area (Å²) in [5.74, 6) is 0.967. The summed E-state index contributed by atoms with van der Waals surface area (Å²) in [5, 5.41) is 4.17. The van der Waals surface area contributed by atoms with Gasteiger partial charge >= 0.3 is 0 Å². The van der Waals surface area contributed by atoms with Crippen LogP contribution in [0.3, 0.4) is 0 Å². The van der Waals surface area contributed by atoms with E-state index in [1.54, 1.807) is 7.11 Å². The van der Waals surface area contributed by atoms with Gasteiger partial charge in [0.1, 0.15) is 5.75 Å². The van der Waals surface area contributed by atoms with Crippen molar-refractivity contribution >= 4 is 23.0 Å². The number of nitrogens with zero attached hydrogens (tertiary/aromatic N) is 2. The number of aryl methyl sites for hydroxylation is 2. The van der Waals surface area contributed by atoms with Gasteiger partial charge in [-0.25, -0.2) is 0 Å². The Morgan fingerprint density at radius 1 is 1.04 bits per heavy atom. The summed E-state index contributed by atoms with van der Waals surface area (Å²) in [7, 11) is 1.74. The Kier molecular flexibility index (Phi) is 6.12. The van der Waals surface area contributed by atoms with Crippen LogP contribution in [0.4, 0.5) is 5.69 Å². The van der Waals surface area contributed by atoms with Crippen molar-refractivity contribution in [1.29, 1.82) is 0 Å². The fourth-order valence-corrected chi connectivity index (χ4v) is 3.61. The Balaban J connectivity index is 1.54. The molecule has 138 valence electrons. The van der Waals surface area contributed by atoms with E-state index in [1.165, 1.54) is 16.7 Å². The standard InChI is InChI=1S/C21H27N3OS/c1-16-5-4-6-19(14-16)22-21(26)24-11-9-23(10-12-24)15-18-13-17(2)7-8-20(18)25-3/h4-8,13-14H,9-12,15H2,1-3H3,(H,22,26). The van der Waals surface area contributed by atoms with Crippen molar-refractivity contribution < 1.29 is 4.74 Å². The number of rotatable bonds is 4. The molecule has 1 aliphatic rings. The van der Waals surface area contributed by atoms with Gasteiger partial charge in [-0.1, -0.05) is 29.8 Å². The minimum atomic E-state index is 0.809. The zero-order chi connectivity index (χ0) is 18.5. The average Bonchev–Trinajstić information content (AvgIpc) is 2.62. The van der Waals surface area contributed by atoms with Gasteiger partial charge in [0, 0.05) is 44.0 Å². The molecule has 1 N–H and O–H groups in total. The quantitative estimate of drug-likeness (QED) is 0.827. The molecular weight excluding hydrogens is 342 g/mol. The molecule has 1 aliphatic heterocycles. The number of thiocarbonyl (C=S) groups is 1. The summed E-state index contributed by atoms with van der Waals surface area (Å²) in [6.07, 6.45) is 0. The van der Waals surface area contributed by atoms with Crippen LogP contribution in [0.1, 0.15) is 16.7 Å². The number of ether oxygens (including phenoxy) is 1. The molecule has 1 fully saturated rings. The second-order valence-electron chi connectivity index (χ2n) is 6.88. The first-order valence-electron chi connectivity index (χ1n) is 9.03. The van der Waals surface area contributed by atoms with Crippen LogP contribution in [0.2, 0.25) is 0 Å². The number of methoxy groups -OCH3 is 1. The molecule has 0 aromatic heterocycles. The van der Waals surface area contributed by atoms with Crippen LogP contribution in [-0.2, 0) is 6.54 Å². The molecule has 0 spiro atoms. The molecule has 1 heterocycles. The molecule has 0 bridgehead atoms. The van der Waals surface area contributed by atoms with E-state index in [0.29, 0.717) is 0 Å². The largest absolute Gasteiger partial charge is 0.496 e. The van der Waals surface area contributed by atoms with Crippen molar-refractivity contribution in [2.75, 3.05) is 38.6 Å². The fourth-order valence-electron chi connectivity index (χ4n) is 3.31. The van der Waals surface area contributed by atoms with Crippen LogP contribution in [0.15, 0.2) is 42.5 Å². The van der Waals surface area contributed by atoms with Gasteiger partial charge in [-0.05, 0) is 49.8 Å². The summed E-state index contributed by atoms with van der Waals surface area (Å²) >= 11 is 5.60. The Morgan fingerprint density at radius 2 is 1.77 bits per heavy atom. The number of nitrogens with one attached hydrogen (secondary N) is 1. The SMILES string of the molecule is COc1ccc(C)cc1CN1CCN(C(=S)Nc2cccc(C)c2)CC1. The van der Waals surface area contributed by atoms with Crippen molar-refractivity contribution in [2.24, 2.45) is 0 Å². The normalized spacial score (nSPS) is 15.0. The third kappa shape index (κ3) is 4.74. The maximum atomic E-state index is 5.60. The van der Waals surface area contributed by atoms with Gasteiger partial charge in [0.05, 0.1) is 7.11 Å². The van der Waals surface area contributed by atoms with Gasteiger partial charge in [0.15, 0.2) is 5.11 Å². The molecule has 0 atom stereocenters. The third-order valence-electron chi connectivity index (χ3n) is 4.76. The molecule has 4 nitrogen and oxygen atoms in total. The van der Waals surface area contributed by atoms with E-state index in [4.69, 9.17) is 17.0 Å². The van der Waals surface area contributed by atoms with Crippen LogP contribution in [0.25, 0.3) is 0 Å². The zero-order valence-electron chi connectivity index (χ0n) is 15.8. The Labute approximate surface area is 161 Å². The number of piperazine rings is 1. The summed E-state index contributed by atoms with van der Waals surface area (Å²) in [4.78, 5) is 4.71. The monoisotopic (exact) mass is 369 g/mol. The van der Waals surface area contributed by atoms with Crippen molar-refractivity contribution in [3.05, 3.63) is 59.2 Å². The van der Waals surface area contributed by atoms with Gasteiger partial charge in [0.2, 0.25) is 0 Å². The smallest absolute Gasteiger partial charge is 0.173 e. The van der Waals surface area contributed by atoms with Gasteiger partial charge in [-0.3, -0.25) is 4.90 Å². The summed E-state index contributed by atoms with van der Waals surface area (Å²) < 4.78 is 5.51. The summed E-state index contributed by atoms with van der Waals surface area (Å²) in [5.41, 5.74) is 4.81. The minimum absolute atomic E-state index is 0.809. The number of hydrogen-bond donors (Lipinski definition) is 1. The maximum Gasteiger partial charge on any atom is 0.173 e. The lowest BCUT2D eigenvalue weighted by Crippen LogP contribution is -2.49. The van der Waals surface area contributed by atoms with Crippen LogP contribution >= 0.6 is 12.2 Å².